The molecule has 0 amide bonds. The summed E-state index contributed by atoms with van der Waals surface area (Å²) in [6.07, 6.45) is 4.12. The third kappa shape index (κ3) is 5.77. The summed E-state index contributed by atoms with van der Waals surface area (Å²) < 4.78 is 0. The van der Waals surface area contributed by atoms with Crippen LogP contribution in [0.4, 0.5) is 11.4 Å². The molecule has 4 aromatic rings. The predicted molar refractivity (Wildman–Crippen MR) is 176 cm³/mol. The molecule has 0 bridgehead atoms. The quantitative estimate of drug-likeness (QED) is 0.107. The van der Waals surface area contributed by atoms with Crippen LogP contribution >= 0.6 is 0 Å². The minimum Gasteiger partial charge on any atom is -0.502 e. The van der Waals surface area contributed by atoms with E-state index in [0.29, 0.717) is 46.9 Å². The Balaban J connectivity index is 1.88. The van der Waals surface area contributed by atoms with Gasteiger partial charge in [-0.15, -0.1) is 0 Å². The van der Waals surface area contributed by atoms with Crippen molar-refractivity contribution in [1.29, 1.82) is 0 Å². The van der Waals surface area contributed by atoms with Gasteiger partial charge in [0.25, 0.3) is 0 Å². The summed E-state index contributed by atoms with van der Waals surface area (Å²) in [5.41, 5.74) is 3.50. The fourth-order valence-corrected chi connectivity index (χ4v) is 6.87. The summed E-state index contributed by atoms with van der Waals surface area (Å²) in [6.45, 7) is 8.43. The maximum absolute atomic E-state index is 12.4. The van der Waals surface area contributed by atoms with Gasteiger partial charge < -0.3 is 10.2 Å². The minimum absolute atomic E-state index is 0.353. The SMILES string of the molecule is CC(C)CCCc1cc(C2(c3cc(CCCC(C)C)c(O)c([N+](=O)[O-])c3)c3ccccc3-c3ccccc32)cc([N+](=O)[O-])c1O. The smallest absolute Gasteiger partial charge is 0.311 e. The number of nitro groups is 2. The van der Waals surface area contributed by atoms with E-state index in [4.69, 9.17) is 0 Å². The van der Waals surface area contributed by atoms with Crippen molar-refractivity contribution in [1.82, 2.24) is 0 Å². The minimum atomic E-state index is -1.19. The Hall–Kier alpha value is -4.72. The first-order chi connectivity index (χ1) is 21.5. The molecule has 0 aromatic heterocycles. The second-order valence-electron chi connectivity index (χ2n) is 12.9. The van der Waals surface area contributed by atoms with Crippen LogP contribution in [0.2, 0.25) is 0 Å². The van der Waals surface area contributed by atoms with E-state index in [9.17, 15) is 30.4 Å². The summed E-state index contributed by atoms with van der Waals surface area (Å²) in [6, 6.07) is 22.1. The molecule has 45 heavy (non-hydrogen) atoms. The lowest BCUT2D eigenvalue weighted by atomic mass is 9.66. The number of nitrogens with zero attached hydrogens (tertiary/aromatic N) is 2. The molecule has 8 nitrogen and oxygen atoms in total. The van der Waals surface area contributed by atoms with Crippen molar-refractivity contribution >= 4 is 11.4 Å². The highest BCUT2D eigenvalue weighted by molar-refractivity contribution is 5.87. The zero-order chi connectivity index (χ0) is 32.5. The summed E-state index contributed by atoms with van der Waals surface area (Å²) in [5, 5.41) is 47.0. The third-order valence-corrected chi connectivity index (χ3v) is 9.00. The first-order valence-corrected chi connectivity index (χ1v) is 15.7. The molecule has 0 heterocycles. The summed E-state index contributed by atoms with van der Waals surface area (Å²) in [5.74, 6) is 0.148. The summed E-state index contributed by atoms with van der Waals surface area (Å²) in [7, 11) is 0. The third-order valence-electron chi connectivity index (χ3n) is 9.00. The standard InChI is InChI=1S/C37H40N2O6/c1-23(2)11-9-13-25-19-27(21-33(35(25)40)38(42)43)37(31-17-7-5-15-29(31)30-16-6-8-18-32(30)37)28-20-26(14-10-12-24(3)4)36(41)34(22-28)39(44)45/h5-8,15-24,40-41H,9-14H2,1-4H3. The van der Waals surface area contributed by atoms with E-state index >= 15 is 0 Å². The summed E-state index contributed by atoms with van der Waals surface area (Å²) >= 11 is 0. The first-order valence-electron chi connectivity index (χ1n) is 15.7. The molecule has 5 rings (SSSR count). The average molecular weight is 609 g/mol. The Morgan fingerprint density at radius 3 is 1.38 bits per heavy atom. The van der Waals surface area contributed by atoms with E-state index in [1.807, 2.05) is 60.7 Å². The lowest BCUT2D eigenvalue weighted by molar-refractivity contribution is -0.386. The molecule has 0 fully saturated rings. The van der Waals surface area contributed by atoms with Gasteiger partial charge in [-0.2, -0.15) is 0 Å². The number of phenolic OH excluding ortho intramolecular Hbond substituents is 2. The number of rotatable bonds is 12. The maximum Gasteiger partial charge on any atom is 0.311 e. The highest BCUT2D eigenvalue weighted by Crippen LogP contribution is 2.58. The number of hydrogen-bond acceptors (Lipinski definition) is 6. The molecular weight excluding hydrogens is 568 g/mol. The molecular formula is C37H40N2O6. The molecule has 0 saturated carbocycles. The van der Waals surface area contributed by atoms with Crippen molar-refractivity contribution in [3.05, 3.63) is 126 Å². The Kier molecular flexibility index (Phi) is 8.96. The topological polar surface area (TPSA) is 127 Å². The fourth-order valence-electron chi connectivity index (χ4n) is 6.87. The zero-order valence-electron chi connectivity index (χ0n) is 26.2. The Labute approximate surface area is 263 Å². The van der Waals surface area contributed by atoms with E-state index in [-0.39, 0.29) is 11.5 Å². The van der Waals surface area contributed by atoms with E-state index in [2.05, 4.69) is 27.7 Å². The highest BCUT2D eigenvalue weighted by Gasteiger charge is 2.48. The van der Waals surface area contributed by atoms with Crippen LogP contribution in [-0.2, 0) is 18.3 Å². The molecule has 0 aliphatic heterocycles. The number of aryl methyl sites for hydroxylation is 2. The van der Waals surface area contributed by atoms with Crippen LogP contribution in [0.5, 0.6) is 11.5 Å². The van der Waals surface area contributed by atoms with Crippen molar-refractivity contribution in [3.8, 4) is 22.6 Å². The van der Waals surface area contributed by atoms with Crippen LogP contribution in [0.3, 0.4) is 0 Å². The van der Waals surface area contributed by atoms with Crippen molar-refractivity contribution < 1.29 is 20.1 Å². The number of aromatic hydroxyl groups is 2. The van der Waals surface area contributed by atoms with Crippen molar-refractivity contribution in [2.45, 2.75) is 71.6 Å². The monoisotopic (exact) mass is 608 g/mol. The van der Waals surface area contributed by atoms with Crippen LogP contribution in [0.15, 0.2) is 72.8 Å². The molecule has 2 N–H and O–H groups in total. The van der Waals surface area contributed by atoms with E-state index in [0.717, 1.165) is 47.9 Å². The van der Waals surface area contributed by atoms with Crippen molar-refractivity contribution in [2.24, 2.45) is 11.8 Å². The molecule has 0 radical (unpaired) electrons. The van der Waals surface area contributed by atoms with Gasteiger partial charge in [0.05, 0.1) is 15.3 Å². The van der Waals surface area contributed by atoms with Gasteiger partial charge in [0.2, 0.25) is 0 Å². The number of nitro benzene ring substituents is 2. The maximum atomic E-state index is 12.4. The predicted octanol–water partition coefficient (Wildman–Crippen LogP) is 9.23. The Bertz CT molecular complexity index is 1630. The van der Waals surface area contributed by atoms with Crippen molar-refractivity contribution in [3.63, 3.8) is 0 Å². The highest BCUT2D eigenvalue weighted by atomic mass is 16.6. The van der Waals surface area contributed by atoms with Crippen LogP contribution < -0.4 is 0 Å². The average Bonchev–Trinajstić information content (AvgIpc) is 3.29. The molecule has 234 valence electrons. The zero-order valence-corrected chi connectivity index (χ0v) is 26.2. The van der Waals surface area contributed by atoms with Gasteiger partial charge in [-0.3, -0.25) is 20.2 Å². The van der Waals surface area contributed by atoms with Gasteiger partial charge in [-0.25, -0.2) is 0 Å². The van der Waals surface area contributed by atoms with E-state index in [1.165, 1.54) is 12.1 Å². The summed E-state index contributed by atoms with van der Waals surface area (Å²) in [4.78, 5) is 23.7. The van der Waals surface area contributed by atoms with Gasteiger partial charge in [0.15, 0.2) is 11.5 Å². The normalized spacial score (nSPS) is 13.2. The second-order valence-corrected chi connectivity index (χ2v) is 12.9. The van der Waals surface area contributed by atoms with Gasteiger partial charge >= 0.3 is 11.4 Å². The van der Waals surface area contributed by atoms with Gasteiger partial charge in [0.1, 0.15) is 0 Å². The lowest BCUT2D eigenvalue weighted by Gasteiger charge is -2.34. The molecule has 8 heteroatoms. The lowest BCUT2D eigenvalue weighted by Crippen LogP contribution is -2.29. The molecule has 0 unspecified atom stereocenters. The van der Waals surface area contributed by atoms with E-state index in [1.54, 1.807) is 0 Å². The molecule has 0 spiro atoms. The van der Waals surface area contributed by atoms with Gasteiger partial charge in [-0.05, 0) is 70.9 Å². The van der Waals surface area contributed by atoms with Crippen LogP contribution in [0, 0.1) is 32.1 Å². The number of hydrogen-bond donors (Lipinski definition) is 2. The van der Waals surface area contributed by atoms with Crippen LogP contribution in [-0.4, -0.2) is 20.1 Å². The molecule has 0 atom stereocenters. The molecule has 1 aliphatic rings. The van der Waals surface area contributed by atoms with Gasteiger partial charge in [0, 0.05) is 23.3 Å². The largest absolute Gasteiger partial charge is 0.502 e. The molecule has 4 aromatic carbocycles. The van der Waals surface area contributed by atoms with Crippen molar-refractivity contribution in [2.75, 3.05) is 0 Å². The molecule has 1 aliphatic carbocycles. The first kappa shape index (κ1) is 31.7. The second kappa shape index (κ2) is 12.7. The number of phenols is 2. The Morgan fingerprint density at radius 2 is 1.02 bits per heavy atom. The fraction of sp³-hybridized carbons (Fsp3) is 0.351. The van der Waals surface area contributed by atoms with Crippen LogP contribution in [0.25, 0.3) is 11.1 Å². The number of fused-ring (bicyclic) bond motifs is 3. The molecule has 0 saturated heterocycles. The van der Waals surface area contributed by atoms with Gasteiger partial charge in [-0.1, -0.05) is 101 Å². The number of benzene rings is 4. The Morgan fingerprint density at radius 1 is 0.644 bits per heavy atom. The van der Waals surface area contributed by atoms with Crippen LogP contribution in [0.1, 0.15) is 86.8 Å². The van der Waals surface area contributed by atoms with E-state index < -0.39 is 26.6 Å².